The smallest absolute Gasteiger partial charge is 0.348 e. The molecule has 6 nitrogen and oxygen atoms in total. The Balaban J connectivity index is 1.90. The first-order valence-corrected chi connectivity index (χ1v) is 11.7. The van der Waals surface area contributed by atoms with Gasteiger partial charge in [-0.25, -0.2) is 9.18 Å². The minimum atomic E-state index is -1.09. The third kappa shape index (κ3) is 6.27. The summed E-state index contributed by atoms with van der Waals surface area (Å²) in [5.41, 5.74) is 3.39. The Morgan fingerprint density at radius 1 is 1.34 bits per heavy atom. The molecule has 1 amide bonds. The molecule has 3 rings (SSSR count). The van der Waals surface area contributed by atoms with Crippen molar-refractivity contribution in [3.8, 4) is 23.2 Å². The minimum absolute atomic E-state index is 0.246. The number of allylic oxidation sites excluding steroid dienone is 5. The summed E-state index contributed by atoms with van der Waals surface area (Å²) in [4.78, 5) is 27.9. The molecule has 35 heavy (non-hydrogen) atoms. The second-order valence-corrected chi connectivity index (χ2v) is 9.62. The maximum atomic E-state index is 13.1. The molecule has 1 saturated carbocycles. The molecule has 1 aliphatic rings. The number of carbonyl (C=O) groups is 1. The topological polar surface area (TPSA) is 79.8 Å². The summed E-state index contributed by atoms with van der Waals surface area (Å²) in [7, 11) is 0. The minimum Gasteiger partial charge on any atom is -0.351 e. The zero-order valence-corrected chi connectivity index (χ0v) is 21.1. The van der Waals surface area contributed by atoms with Crippen molar-refractivity contribution >= 4 is 11.6 Å². The van der Waals surface area contributed by atoms with E-state index < -0.39 is 12.1 Å². The van der Waals surface area contributed by atoms with Gasteiger partial charge >= 0.3 is 5.69 Å². The number of H-pyrrole nitrogens is 1. The zero-order valence-electron chi connectivity index (χ0n) is 21.1. The molecule has 2 aromatic rings. The highest BCUT2D eigenvalue weighted by molar-refractivity contribution is 5.82. The van der Waals surface area contributed by atoms with E-state index in [0.29, 0.717) is 17.4 Å². The lowest BCUT2D eigenvalue weighted by Gasteiger charge is -2.20. The van der Waals surface area contributed by atoms with E-state index in [9.17, 15) is 14.0 Å². The molecule has 1 aromatic heterocycles. The molecule has 0 saturated heterocycles. The zero-order chi connectivity index (χ0) is 25.8. The maximum absolute atomic E-state index is 13.1. The lowest BCUT2D eigenvalue weighted by Crippen LogP contribution is -2.38. The Kier molecular flexibility index (Phi) is 7.96. The first kappa shape index (κ1) is 26.0. The Hall–Kier alpha value is -3.66. The van der Waals surface area contributed by atoms with E-state index in [4.69, 9.17) is 0 Å². The van der Waals surface area contributed by atoms with Crippen molar-refractivity contribution in [1.82, 2.24) is 20.1 Å². The molecule has 1 aromatic carbocycles. The van der Waals surface area contributed by atoms with E-state index in [1.54, 1.807) is 26.0 Å². The average molecular weight is 477 g/mol. The standard InChI is InChI=1S/C28H33FN4O2/c1-7-23(15-9-18(2)8-11-21-12-13-21)33-27(35)31-25(32-33)24-19(3)10-14-22(20(24)4)16-30-26(34)28(5,6)17-29/h7,9-10,14-15,21H,1,12-13,16-17H2,2-6H3,(H,30,34)(H,31,32,35)/b18-9+,23-15+. The van der Waals surface area contributed by atoms with Crippen LogP contribution in [0, 0.1) is 37.0 Å². The van der Waals surface area contributed by atoms with Gasteiger partial charge in [0.25, 0.3) is 0 Å². The van der Waals surface area contributed by atoms with Crippen LogP contribution in [-0.4, -0.2) is 27.3 Å². The van der Waals surface area contributed by atoms with Gasteiger partial charge in [-0.3, -0.25) is 9.78 Å². The molecule has 184 valence electrons. The van der Waals surface area contributed by atoms with Crippen LogP contribution in [0.5, 0.6) is 0 Å². The van der Waals surface area contributed by atoms with Crippen LogP contribution in [0.3, 0.4) is 0 Å². The number of aromatic amines is 1. The molecule has 1 heterocycles. The number of halogens is 1. The third-order valence-electron chi connectivity index (χ3n) is 6.04. The lowest BCUT2D eigenvalue weighted by atomic mass is 9.93. The third-order valence-corrected chi connectivity index (χ3v) is 6.04. The average Bonchev–Trinajstić information content (AvgIpc) is 3.58. The summed E-state index contributed by atoms with van der Waals surface area (Å²) in [5, 5.41) is 7.34. The van der Waals surface area contributed by atoms with Gasteiger partial charge in [-0.1, -0.05) is 30.6 Å². The number of nitrogens with zero attached hydrogens (tertiary/aromatic N) is 2. The SMILES string of the molecule is C=C/C(=C\C=C(/C)C#CC1CC1)n1nc(-c2c(C)ccc(CNC(=O)C(C)(C)CF)c2C)[nH]c1=O. The molecule has 2 N–H and O–H groups in total. The van der Waals surface area contributed by atoms with Gasteiger partial charge in [0.1, 0.15) is 6.67 Å². The molecule has 7 heteroatoms. The summed E-state index contributed by atoms with van der Waals surface area (Å²) >= 11 is 0. The van der Waals surface area contributed by atoms with Gasteiger partial charge in [-0.05, 0) is 88.0 Å². The normalized spacial score (nSPS) is 14.3. The predicted molar refractivity (Wildman–Crippen MR) is 138 cm³/mol. The molecule has 1 fully saturated rings. The monoisotopic (exact) mass is 476 g/mol. The number of hydrogen-bond acceptors (Lipinski definition) is 3. The van der Waals surface area contributed by atoms with Gasteiger partial charge in [0.15, 0.2) is 5.82 Å². The lowest BCUT2D eigenvalue weighted by molar-refractivity contribution is -0.130. The predicted octanol–water partition coefficient (Wildman–Crippen LogP) is 4.85. The second-order valence-electron chi connectivity index (χ2n) is 9.62. The van der Waals surface area contributed by atoms with Crippen molar-refractivity contribution in [1.29, 1.82) is 0 Å². The van der Waals surface area contributed by atoms with E-state index >= 15 is 0 Å². The molecule has 0 aliphatic heterocycles. The van der Waals surface area contributed by atoms with Crippen molar-refractivity contribution in [2.24, 2.45) is 11.3 Å². The van der Waals surface area contributed by atoms with Crippen molar-refractivity contribution in [2.75, 3.05) is 6.67 Å². The quantitative estimate of drug-likeness (QED) is 0.422. The van der Waals surface area contributed by atoms with Crippen LogP contribution >= 0.6 is 0 Å². The van der Waals surface area contributed by atoms with Crippen molar-refractivity contribution in [2.45, 2.75) is 54.0 Å². The number of hydrogen-bond donors (Lipinski definition) is 2. The van der Waals surface area contributed by atoms with Crippen LogP contribution in [0.2, 0.25) is 0 Å². The number of aryl methyl sites for hydroxylation is 1. The molecule has 0 spiro atoms. The second kappa shape index (κ2) is 10.7. The first-order chi connectivity index (χ1) is 16.6. The van der Waals surface area contributed by atoms with Gasteiger partial charge < -0.3 is 5.32 Å². The summed E-state index contributed by atoms with van der Waals surface area (Å²) in [6, 6.07) is 3.83. The number of alkyl halides is 1. The van der Waals surface area contributed by atoms with Crippen molar-refractivity contribution in [3.05, 3.63) is 69.7 Å². The number of carbonyl (C=O) groups excluding carboxylic acids is 1. The number of nitrogens with one attached hydrogen (secondary N) is 2. The van der Waals surface area contributed by atoms with Crippen LogP contribution < -0.4 is 11.0 Å². The van der Waals surface area contributed by atoms with Crippen LogP contribution in [0.15, 0.2) is 47.3 Å². The number of amides is 1. The Labute approximate surface area is 206 Å². The molecule has 1 aliphatic carbocycles. The van der Waals surface area contributed by atoms with E-state index in [0.717, 1.165) is 27.8 Å². The highest BCUT2D eigenvalue weighted by atomic mass is 19.1. The van der Waals surface area contributed by atoms with Crippen LogP contribution in [0.1, 0.15) is 50.3 Å². The number of rotatable bonds is 8. The Bertz CT molecular complexity index is 1310. The van der Waals surface area contributed by atoms with E-state index in [1.807, 2.05) is 39.0 Å². The van der Waals surface area contributed by atoms with Gasteiger partial charge in [-0.15, -0.1) is 5.10 Å². The number of benzene rings is 1. The molecule has 0 unspecified atom stereocenters. The largest absolute Gasteiger partial charge is 0.351 e. The van der Waals surface area contributed by atoms with E-state index in [-0.39, 0.29) is 18.1 Å². The summed E-state index contributed by atoms with van der Waals surface area (Å²) in [5.74, 6) is 6.94. The Morgan fingerprint density at radius 2 is 2.06 bits per heavy atom. The fourth-order valence-electron chi connectivity index (χ4n) is 3.45. The van der Waals surface area contributed by atoms with Gasteiger partial charge in [0, 0.05) is 18.0 Å². The fourth-order valence-corrected chi connectivity index (χ4v) is 3.45. The molecule has 0 radical (unpaired) electrons. The van der Waals surface area contributed by atoms with Crippen molar-refractivity contribution < 1.29 is 9.18 Å². The van der Waals surface area contributed by atoms with Crippen LogP contribution in [-0.2, 0) is 11.3 Å². The highest BCUT2D eigenvalue weighted by Crippen LogP contribution is 2.28. The van der Waals surface area contributed by atoms with Gasteiger partial charge in [-0.2, -0.15) is 4.68 Å². The Morgan fingerprint density at radius 3 is 2.69 bits per heavy atom. The molecule has 0 bridgehead atoms. The molecular formula is C28H33FN4O2. The van der Waals surface area contributed by atoms with Crippen LogP contribution in [0.25, 0.3) is 17.1 Å². The fraction of sp³-hybridized carbons (Fsp3) is 0.393. The summed E-state index contributed by atoms with van der Waals surface area (Å²) < 4.78 is 14.4. The van der Waals surface area contributed by atoms with Crippen LogP contribution in [0.4, 0.5) is 4.39 Å². The van der Waals surface area contributed by atoms with Gasteiger partial charge in [0.2, 0.25) is 5.91 Å². The maximum Gasteiger partial charge on any atom is 0.348 e. The molecule has 0 atom stereocenters. The summed E-state index contributed by atoms with van der Waals surface area (Å²) in [6.07, 6.45) is 7.53. The van der Waals surface area contributed by atoms with E-state index in [1.165, 1.54) is 17.5 Å². The number of aromatic nitrogens is 3. The van der Waals surface area contributed by atoms with Crippen molar-refractivity contribution in [3.63, 3.8) is 0 Å². The van der Waals surface area contributed by atoms with E-state index in [2.05, 4.69) is 33.8 Å². The summed E-state index contributed by atoms with van der Waals surface area (Å²) in [6.45, 7) is 12.2. The van der Waals surface area contributed by atoms with Gasteiger partial charge in [0.05, 0.1) is 11.1 Å². The first-order valence-electron chi connectivity index (χ1n) is 11.7. The highest BCUT2D eigenvalue weighted by Gasteiger charge is 2.27. The molecular weight excluding hydrogens is 443 g/mol.